The zero-order valence-corrected chi connectivity index (χ0v) is 18.6. The molecule has 1 N–H and O–H groups in total. The molecule has 154 valence electrons. The molecule has 0 amide bonds. The van der Waals surface area contributed by atoms with Crippen LogP contribution in [0.15, 0.2) is 89.8 Å². The van der Waals surface area contributed by atoms with Gasteiger partial charge in [0.05, 0.1) is 5.69 Å². The molecule has 2 nitrogen and oxygen atoms in total. The van der Waals surface area contributed by atoms with E-state index in [0.717, 1.165) is 18.4 Å². The number of rotatable bonds is 6. The van der Waals surface area contributed by atoms with E-state index in [2.05, 4.69) is 108 Å². The van der Waals surface area contributed by atoms with Crippen LogP contribution in [0, 0.1) is 11.8 Å². The van der Waals surface area contributed by atoms with Crippen molar-refractivity contribution >= 4 is 17.4 Å². The summed E-state index contributed by atoms with van der Waals surface area (Å²) < 4.78 is 0. The molecular weight excluding hydrogens is 384 g/mol. The Balaban J connectivity index is 1.57. The Hall–Kier alpha value is -2.23. The molecular formula is C27H30N2S. The lowest BCUT2D eigenvalue weighted by Crippen LogP contribution is -2.57. The van der Waals surface area contributed by atoms with Crippen LogP contribution in [-0.4, -0.2) is 31.9 Å². The van der Waals surface area contributed by atoms with Crippen LogP contribution >= 0.6 is 11.8 Å². The first-order valence-electron chi connectivity index (χ1n) is 11.0. The molecule has 0 bridgehead atoms. The third-order valence-electron chi connectivity index (χ3n) is 6.99. The van der Waals surface area contributed by atoms with E-state index in [1.807, 2.05) is 11.8 Å². The first-order valence-corrected chi connectivity index (χ1v) is 12.2. The summed E-state index contributed by atoms with van der Waals surface area (Å²) >= 11 is 1.84. The van der Waals surface area contributed by atoms with Crippen LogP contribution < -0.4 is 10.2 Å². The van der Waals surface area contributed by atoms with Gasteiger partial charge in [-0.1, -0.05) is 72.8 Å². The quantitative estimate of drug-likeness (QED) is 0.525. The molecule has 0 spiro atoms. The van der Waals surface area contributed by atoms with Crippen molar-refractivity contribution in [2.45, 2.75) is 29.3 Å². The van der Waals surface area contributed by atoms with Gasteiger partial charge in [0.15, 0.2) is 0 Å². The number of thioether (sulfide) groups is 1. The van der Waals surface area contributed by atoms with E-state index in [-0.39, 0.29) is 0 Å². The number of nitrogens with zero attached hydrogens (tertiary/aromatic N) is 1. The minimum absolute atomic E-state index is 0.336. The van der Waals surface area contributed by atoms with Crippen LogP contribution in [-0.2, 0) is 0 Å². The fourth-order valence-electron chi connectivity index (χ4n) is 5.45. The van der Waals surface area contributed by atoms with Crippen molar-refractivity contribution in [3.8, 4) is 0 Å². The molecule has 5 rings (SSSR count). The lowest BCUT2D eigenvalue weighted by Gasteiger charge is -2.44. The summed E-state index contributed by atoms with van der Waals surface area (Å²) in [5, 5.41) is 4.00. The minimum Gasteiger partial charge on any atom is -0.369 e. The predicted octanol–water partition coefficient (Wildman–Crippen LogP) is 5.65. The van der Waals surface area contributed by atoms with E-state index in [4.69, 9.17) is 0 Å². The molecule has 2 aliphatic rings. The lowest BCUT2D eigenvalue weighted by molar-refractivity contribution is 0.303. The normalized spacial score (nSPS) is 25.0. The zero-order valence-electron chi connectivity index (χ0n) is 17.7. The maximum Gasteiger partial charge on any atom is 0.0504 e. The van der Waals surface area contributed by atoms with Crippen molar-refractivity contribution in [1.82, 2.24) is 5.32 Å². The van der Waals surface area contributed by atoms with Gasteiger partial charge in [0, 0.05) is 29.9 Å². The van der Waals surface area contributed by atoms with Crippen molar-refractivity contribution in [3.05, 3.63) is 96.1 Å². The number of nitrogens with one attached hydrogen (secondary N) is 1. The predicted molar refractivity (Wildman–Crippen MR) is 129 cm³/mol. The number of piperidine rings is 1. The minimum atomic E-state index is 0.336. The highest BCUT2D eigenvalue weighted by Crippen LogP contribution is 2.50. The van der Waals surface area contributed by atoms with Gasteiger partial charge in [0.25, 0.3) is 0 Å². The summed E-state index contributed by atoms with van der Waals surface area (Å²) in [4.78, 5) is 3.93. The summed E-state index contributed by atoms with van der Waals surface area (Å²) in [5.74, 6) is 1.93. The number of likely N-dealkylation sites (N-methyl/N-ethyl adjacent to an activating group) is 1. The molecule has 3 heteroatoms. The van der Waals surface area contributed by atoms with Crippen LogP contribution in [0.4, 0.5) is 5.69 Å². The van der Waals surface area contributed by atoms with Gasteiger partial charge in [-0.15, -0.1) is 11.8 Å². The number of benzene rings is 3. The molecule has 30 heavy (non-hydrogen) atoms. The van der Waals surface area contributed by atoms with Gasteiger partial charge in [-0.25, -0.2) is 0 Å². The third-order valence-corrected chi connectivity index (χ3v) is 7.77. The van der Waals surface area contributed by atoms with Gasteiger partial charge >= 0.3 is 0 Å². The Morgan fingerprint density at radius 3 is 2.10 bits per heavy atom. The van der Waals surface area contributed by atoms with E-state index in [0.29, 0.717) is 18.0 Å². The van der Waals surface area contributed by atoms with Crippen molar-refractivity contribution in [2.24, 2.45) is 11.8 Å². The molecule has 4 atom stereocenters. The Kier molecular flexibility index (Phi) is 5.58. The summed E-state index contributed by atoms with van der Waals surface area (Å²) in [6.07, 6.45) is 3.52. The van der Waals surface area contributed by atoms with Gasteiger partial charge in [-0.3, -0.25) is 0 Å². The Labute approximate surface area is 184 Å². The molecule has 1 heterocycles. The van der Waals surface area contributed by atoms with Crippen LogP contribution in [0.1, 0.15) is 23.5 Å². The Morgan fingerprint density at radius 2 is 1.47 bits per heavy atom. The highest BCUT2D eigenvalue weighted by atomic mass is 32.2. The lowest BCUT2D eigenvalue weighted by atomic mass is 9.78. The molecule has 1 aliphatic carbocycles. The first-order chi connectivity index (χ1) is 14.8. The Morgan fingerprint density at radius 1 is 0.867 bits per heavy atom. The topological polar surface area (TPSA) is 15.3 Å². The molecule has 0 aromatic heterocycles. The second-order valence-corrected chi connectivity index (χ2v) is 9.51. The maximum atomic E-state index is 4.00. The number of para-hydroxylation sites is 1. The molecule has 2 fully saturated rings. The molecule has 0 radical (unpaired) electrons. The van der Waals surface area contributed by atoms with E-state index in [1.165, 1.54) is 28.1 Å². The second-order valence-electron chi connectivity index (χ2n) is 8.67. The molecule has 4 unspecified atom stereocenters. The summed E-state index contributed by atoms with van der Waals surface area (Å²) in [5.41, 5.74) is 4.16. The number of fused-ring (bicyclic) bond motifs is 1. The van der Waals surface area contributed by atoms with Crippen LogP contribution in [0.3, 0.4) is 0 Å². The molecule has 1 saturated heterocycles. The van der Waals surface area contributed by atoms with Gasteiger partial charge in [0.1, 0.15) is 0 Å². The van der Waals surface area contributed by atoms with Crippen LogP contribution in [0.25, 0.3) is 0 Å². The smallest absolute Gasteiger partial charge is 0.0504 e. The summed E-state index contributed by atoms with van der Waals surface area (Å²) in [6.45, 7) is 1.14. The SMILES string of the molecule is CSc1ccccc1N(C)C1C2CC2CNC1C(c1ccccc1)c1ccccc1. The highest BCUT2D eigenvalue weighted by Gasteiger charge is 2.53. The van der Waals surface area contributed by atoms with E-state index in [9.17, 15) is 0 Å². The molecule has 1 aliphatic heterocycles. The fourth-order valence-corrected chi connectivity index (χ4v) is 6.09. The zero-order chi connectivity index (χ0) is 20.5. The Bertz CT molecular complexity index is 935. The number of hydrogen-bond acceptors (Lipinski definition) is 3. The average molecular weight is 415 g/mol. The van der Waals surface area contributed by atoms with Crippen molar-refractivity contribution < 1.29 is 0 Å². The average Bonchev–Trinajstić information content (AvgIpc) is 3.60. The van der Waals surface area contributed by atoms with Crippen LogP contribution in [0.2, 0.25) is 0 Å². The van der Waals surface area contributed by atoms with E-state index >= 15 is 0 Å². The van der Waals surface area contributed by atoms with Crippen LogP contribution in [0.5, 0.6) is 0 Å². The van der Waals surface area contributed by atoms with Gasteiger partial charge in [-0.05, 0) is 54.3 Å². The third kappa shape index (κ3) is 3.66. The van der Waals surface area contributed by atoms with E-state index in [1.54, 1.807) is 0 Å². The fraction of sp³-hybridized carbons (Fsp3) is 0.333. The first kappa shape index (κ1) is 19.7. The molecule has 1 saturated carbocycles. The molecule has 3 aromatic carbocycles. The largest absolute Gasteiger partial charge is 0.369 e. The second kappa shape index (κ2) is 8.49. The van der Waals surface area contributed by atoms with Crippen molar-refractivity contribution in [2.75, 3.05) is 24.7 Å². The standard InChI is InChI=1S/C27H30N2S/c1-29(23-15-9-10-16-24(23)30-2)27-22-17-21(22)18-28-26(27)25(19-11-5-3-6-12-19)20-13-7-4-8-14-20/h3-16,21-22,25-28H,17-18H2,1-2H3. The summed E-state index contributed by atoms with van der Waals surface area (Å²) in [7, 11) is 2.31. The number of hydrogen-bond donors (Lipinski definition) is 1. The van der Waals surface area contributed by atoms with Gasteiger partial charge in [-0.2, -0.15) is 0 Å². The highest BCUT2D eigenvalue weighted by molar-refractivity contribution is 7.98. The van der Waals surface area contributed by atoms with Gasteiger partial charge < -0.3 is 10.2 Å². The molecule has 3 aromatic rings. The summed E-state index contributed by atoms with van der Waals surface area (Å²) in [6, 6.07) is 31.8. The monoisotopic (exact) mass is 414 g/mol. The van der Waals surface area contributed by atoms with Crippen molar-refractivity contribution in [3.63, 3.8) is 0 Å². The number of anilines is 1. The maximum absolute atomic E-state index is 4.00. The van der Waals surface area contributed by atoms with Crippen molar-refractivity contribution in [1.29, 1.82) is 0 Å². The van der Waals surface area contributed by atoms with E-state index < -0.39 is 0 Å². The van der Waals surface area contributed by atoms with Gasteiger partial charge in [0.2, 0.25) is 0 Å².